The molecular formula is C13H22N6O2. The Morgan fingerprint density at radius 3 is 2.29 bits per heavy atom. The van der Waals surface area contributed by atoms with E-state index in [9.17, 15) is 9.59 Å². The molecule has 0 bridgehead atoms. The van der Waals surface area contributed by atoms with Crippen LogP contribution in [-0.4, -0.2) is 76.1 Å². The van der Waals surface area contributed by atoms with Crippen molar-refractivity contribution in [2.24, 2.45) is 0 Å². The number of amides is 3. The van der Waals surface area contributed by atoms with Gasteiger partial charge < -0.3 is 20.4 Å². The second-order valence-electron chi connectivity index (χ2n) is 4.94. The number of H-pyrrole nitrogens is 1. The van der Waals surface area contributed by atoms with E-state index in [0.29, 0.717) is 50.8 Å². The molecule has 0 aliphatic carbocycles. The van der Waals surface area contributed by atoms with Gasteiger partial charge in [0.2, 0.25) is 0 Å². The number of urea groups is 1. The quantitative estimate of drug-likeness (QED) is 0.832. The molecule has 1 aromatic rings. The second-order valence-corrected chi connectivity index (χ2v) is 4.94. The number of nitrogens with one attached hydrogen (secondary N) is 1. The standard InChI is InChI=1S/C13H22N6O2/c1-3-17(4-2)13(21)19-7-5-18(6-8-19)12(20)10-9-11(14)16-15-10/h9H,3-8H2,1-2H3,(H3,14,15,16). The van der Waals surface area contributed by atoms with Crippen LogP contribution in [-0.2, 0) is 0 Å². The summed E-state index contributed by atoms with van der Waals surface area (Å²) < 4.78 is 0. The summed E-state index contributed by atoms with van der Waals surface area (Å²) in [5, 5.41) is 6.37. The SMILES string of the molecule is CCN(CC)C(=O)N1CCN(C(=O)c2cc(N)n[nH]2)CC1. The third-order valence-corrected chi connectivity index (χ3v) is 3.70. The van der Waals surface area contributed by atoms with Crippen LogP contribution in [0.2, 0.25) is 0 Å². The average molecular weight is 294 g/mol. The highest BCUT2D eigenvalue weighted by atomic mass is 16.2. The lowest BCUT2D eigenvalue weighted by molar-refractivity contribution is 0.0636. The third-order valence-electron chi connectivity index (χ3n) is 3.70. The van der Waals surface area contributed by atoms with Gasteiger partial charge in [0.15, 0.2) is 0 Å². The van der Waals surface area contributed by atoms with Crippen molar-refractivity contribution in [2.75, 3.05) is 45.0 Å². The molecule has 3 N–H and O–H groups in total. The molecule has 0 unspecified atom stereocenters. The van der Waals surface area contributed by atoms with Gasteiger partial charge in [-0.15, -0.1) is 0 Å². The summed E-state index contributed by atoms with van der Waals surface area (Å²) in [5.41, 5.74) is 5.89. The summed E-state index contributed by atoms with van der Waals surface area (Å²) >= 11 is 0. The molecule has 1 saturated heterocycles. The van der Waals surface area contributed by atoms with E-state index in [1.54, 1.807) is 14.7 Å². The van der Waals surface area contributed by atoms with Gasteiger partial charge in [0.25, 0.3) is 5.91 Å². The van der Waals surface area contributed by atoms with Crippen LogP contribution >= 0.6 is 0 Å². The van der Waals surface area contributed by atoms with Gasteiger partial charge in [-0.2, -0.15) is 5.10 Å². The molecule has 116 valence electrons. The molecule has 1 aliphatic heterocycles. The van der Waals surface area contributed by atoms with Crippen molar-refractivity contribution >= 4 is 17.8 Å². The molecule has 2 rings (SSSR count). The maximum atomic E-state index is 12.2. The molecule has 1 aliphatic rings. The number of aromatic amines is 1. The fourth-order valence-electron chi connectivity index (χ4n) is 2.41. The first-order valence-electron chi connectivity index (χ1n) is 7.20. The molecule has 0 radical (unpaired) electrons. The lowest BCUT2D eigenvalue weighted by Gasteiger charge is -2.36. The molecule has 2 heterocycles. The summed E-state index contributed by atoms with van der Waals surface area (Å²) in [4.78, 5) is 29.7. The summed E-state index contributed by atoms with van der Waals surface area (Å²) in [7, 11) is 0. The van der Waals surface area contributed by atoms with E-state index in [-0.39, 0.29) is 11.9 Å². The molecule has 1 fully saturated rings. The molecule has 0 spiro atoms. The van der Waals surface area contributed by atoms with Crippen molar-refractivity contribution in [1.29, 1.82) is 0 Å². The highest BCUT2D eigenvalue weighted by Gasteiger charge is 2.27. The van der Waals surface area contributed by atoms with Gasteiger partial charge in [-0.25, -0.2) is 4.79 Å². The van der Waals surface area contributed by atoms with Crippen molar-refractivity contribution in [2.45, 2.75) is 13.8 Å². The summed E-state index contributed by atoms with van der Waals surface area (Å²) in [6, 6.07) is 1.56. The van der Waals surface area contributed by atoms with E-state index in [1.165, 1.54) is 6.07 Å². The van der Waals surface area contributed by atoms with Crippen LogP contribution in [0, 0.1) is 0 Å². The predicted octanol–water partition coefficient (Wildman–Crippen LogP) is 0.212. The van der Waals surface area contributed by atoms with E-state index in [0.717, 1.165) is 0 Å². The van der Waals surface area contributed by atoms with Gasteiger partial charge in [-0.05, 0) is 13.8 Å². The largest absolute Gasteiger partial charge is 0.382 e. The smallest absolute Gasteiger partial charge is 0.320 e. The minimum atomic E-state index is -0.130. The Morgan fingerprint density at radius 2 is 1.81 bits per heavy atom. The Balaban J connectivity index is 1.91. The molecule has 0 atom stereocenters. The number of anilines is 1. The number of nitrogens with zero attached hydrogens (tertiary/aromatic N) is 4. The molecular weight excluding hydrogens is 272 g/mol. The van der Waals surface area contributed by atoms with Gasteiger partial charge in [0, 0.05) is 45.3 Å². The zero-order valence-corrected chi connectivity index (χ0v) is 12.5. The van der Waals surface area contributed by atoms with E-state index >= 15 is 0 Å². The third kappa shape index (κ3) is 3.26. The van der Waals surface area contributed by atoms with E-state index in [2.05, 4.69) is 10.2 Å². The van der Waals surface area contributed by atoms with Crippen LogP contribution in [0.1, 0.15) is 24.3 Å². The lowest BCUT2D eigenvalue weighted by Crippen LogP contribution is -2.54. The number of carbonyl (C=O) groups excluding carboxylic acids is 2. The first-order valence-corrected chi connectivity index (χ1v) is 7.20. The van der Waals surface area contributed by atoms with Gasteiger partial charge in [-0.1, -0.05) is 0 Å². The molecule has 21 heavy (non-hydrogen) atoms. The fraction of sp³-hybridized carbons (Fsp3) is 0.615. The second kappa shape index (κ2) is 6.47. The van der Waals surface area contributed by atoms with E-state index in [1.807, 2.05) is 13.8 Å². The van der Waals surface area contributed by atoms with Crippen molar-refractivity contribution in [3.63, 3.8) is 0 Å². The zero-order valence-electron chi connectivity index (χ0n) is 12.5. The number of nitrogens with two attached hydrogens (primary N) is 1. The van der Waals surface area contributed by atoms with Gasteiger partial charge in [0.1, 0.15) is 11.5 Å². The van der Waals surface area contributed by atoms with Crippen LogP contribution in [0.15, 0.2) is 6.07 Å². The number of hydrogen-bond donors (Lipinski definition) is 2. The van der Waals surface area contributed by atoms with E-state index in [4.69, 9.17) is 5.73 Å². The molecule has 3 amide bonds. The fourth-order valence-corrected chi connectivity index (χ4v) is 2.41. The summed E-state index contributed by atoms with van der Waals surface area (Å²) in [6.07, 6.45) is 0. The number of piperazine rings is 1. The number of hydrogen-bond acceptors (Lipinski definition) is 4. The molecule has 8 heteroatoms. The van der Waals surface area contributed by atoms with Gasteiger partial charge in [0.05, 0.1) is 0 Å². The number of nitrogen functional groups attached to an aromatic ring is 1. The monoisotopic (exact) mass is 294 g/mol. The van der Waals surface area contributed by atoms with Crippen LogP contribution in [0.3, 0.4) is 0 Å². The van der Waals surface area contributed by atoms with Crippen LogP contribution in [0.25, 0.3) is 0 Å². The van der Waals surface area contributed by atoms with Crippen molar-refractivity contribution in [1.82, 2.24) is 24.9 Å². The van der Waals surface area contributed by atoms with Crippen molar-refractivity contribution in [3.05, 3.63) is 11.8 Å². The Bertz CT molecular complexity index is 503. The zero-order chi connectivity index (χ0) is 15.4. The average Bonchev–Trinajstić information content (AvgIpc) is 2.94. The number of aromatic nitrogens is 2. The molecule has 1 aromatic heterocycles. The van der Waals surface area contributed by atoms with Gasteiger partial charge >= 0.3 is 6.03 Å². The topological polar surface area (TPSA) is 98.6 Å². The summed E-state index contributed by atoms with van der Waals surface area (Å²) in [5.74, 6) is 0.169. The van der Waals surface area contributed by atoms with E-state index < -0.39 is 0 Å². The Hall–Kier alpha value is -2.25. The van der Waals surface area contributed by atoms with Crippen LogP contribution < -0.4 is 5.73 Å². The Labute approximate surface area is 123 Å². The molecule has 0 saturated carbocycles. The first kappa shape index (κ1) is 15.1. The highest BCUT2D eigenvalue weighted by molar-refractivity contribution is 5.93. The maximum Gasteiger partial charge on any atom is 0.320 e. The first-order chi connectivity index (χ1) is 10.1. The Kier molecular flexibility index (Phi) is 4.66. The predicted molar refractivity (Wildman–Crippen MR) is 78.8 cm³/mol. The number of rotatable bonds is 3. The minimum absolute atomic E-state index is 0.0397. The van der Waals surface area contributed by atoms with Crippen molar-refractivity contribution in [3.8, 4) is 0 Å². The van der Waals surface area contributed by atoms with Crippen molar-refractivity contribution < 1.29 is 9.59 Å². The Morgan fingerprint density at radius 1 is 1.24 bits per heavy atom. The molecule has 0 aromatic carbocycles. The highest BCUT2D eigenvalue weighted by Crippen LogP contribution is 2.10. The minimum Gasteiger partial charge on any atom is -0.382 e. The maximum absolute atomic E-state index is 12.2. The summed E-state index contributed by atoms with van der Waals surface area (Å²) in [6.45, 7) is 7.45. The van der Waals surface area contributed by atoms with Crippen LogP contribution in [0.4, 0.5) is 10.6 Å². The molecule has 8 nitrogen and oxygen atoms in total. The lowest BCUT2D eigenvalue weighted by atomic mass is 10.3. The van der Waals surface area contributed by atoms with Gasteiger partial charge in [-0.3, -0.25) is 9.89 Å². The van der Waals surface area contributed by atoms with Crippen LogP contribution in [0.5, 0.6) is 0 Å². The normalized spacial score (nSPS) is 15.1. The number of carbonyl (C=O) groups is 2.